The second-order valence-electron chi connectivity index (χ2n) is 8.94. The van der Waals surface area contributed by atoms with Gasteiger partial charge in [-0.25, -0.2) is 0 Å². The Morgan fingerprint density at radius 3 is 2.05 bits per heavy atom. The molecule has 0 spiro atoms. The molecule has 2 aliphatic rings. The highest BCUT2D eigenvalue weighted by Crippen LogP contribution is 2.50. The SMILES string of the molecule is CC(C)(C)[C@@H]1C[C@@H](C(C)(C)C)C(C(=O)N2CCOCC2)C1=O. The molecule has 126 valence electrons. The standard InChI is InChI=1S/C18H31NO3/c1-17(2,3)12-11-13(18(4,5)6)15(20)14(12)16(21)19-7-9-22-10-8-19/h12-14H,7-11H2,1-6H3/t12-,13-,14?/m1/s1. The van der Waals surface area contributed by atoms with Crippen LogP contribution in [0.1, 0.15) is 48.0 Å². The third-order valence-electron chi connectivity index (χ3n) is 5.29. The number of ether oxygens (including phenoxy) is 1. The van der Waals surface area contributed by atoms with Crippen molar-refractivity contribution in [3.63, 3.8) is 0 Å². The third-order valence-corrected chi connectivity index (χ3v) is 5.29. The first-order valence-corrected chi connectivity index (χ1v) is 8.43. The van der Waals surface area contributed by atoms with Crippen LogP contribution in [0.25, 0.3) is 0 Å². The minimum atomic E-state index is -0.470. The molecule has 0 bridgehead atoms. The summed E-state index contributed by atoms with van der Waals surface area (Å²) in [6.45, 7) is 15.1. The zero-order valence-electron chi connectivity index (χ0n) is 14.9. The molecular weight excluding hydrogens is 278 g/mol. The lowest BCUT2D eigenvalue weighted by molar-refractivity contribution is -0.147. The second-order valence-corrected chi connectivity index (χ2v) is 8.94. The van der Waals surface area contributed by atoms with E-state index in [-0.39, 0.29) is 34.4 Å². The van der Waals surface area contributed by atoms with Gasteiger partial charge in [0, 0.05) is 19.0 Å². The topological polar surface area (TPSA) is 46.6 Å². The lowest BCUT2D eigenvalue weighted by atomic mass is 9.73. The highest BCUT2D eigenvalue weighted by molar-refractivity contribution is 6.04. The van der Waals surface area contributed by atoms with Crippen molar-refractivity contribution in [3.8, 4) is 0 Å². The second kappa shape index (κ2) is 5.95. The zero-order chi connectivity index (χ0) is 16.7. The Labute approximate surface area is 134 Å². The highest BCUT2D eigenvalue weighted by atomic mass is 16.5. The maximum atomic E-state index is 13.0. The summed E-state index contributed by atoms with van der Waals surface area (Å²) in [7, 11) is 0. The van der Waals surface area contributed by atoms with Crippen molar-refractivity contribution in [1.29, 1.82) is 0 Å². The molecule has 1 heterocycles. The Hall–Kier alpha value is -0.900. The summed E-state index contributed by atoms with van der Waals surface area (Å²) in [4.78, 5) is 27.8. The molecule has 4 nitrogen and oxygen atoms in total. The normalized spacial score (nSPS) is 30.7. The first-order chi connectivity index (χ1) is 10.0. The van der Waals surface area contributed by atoms with Gasteiger partial charge in [0.05, 0.1) is 13.2 Å². The maximum absolute atomic E-state index is 13.0. The van der Waals surface area contributed by atoms with E-state index < -0.39 is 5.92 Å². The summed E-state index contributed by atoms with van der Waals surface area (Å²) >= 11 is 0. The van der Waals surface area contributed by atoms with Crippen LogP contribution in [0.3, 0.4) is 0 Å². The molecule has 0 aromatic rings. The van der Waals surface area contributed by atoms with E-state index in [0.29, 0.717) is 26.3 Å². The number of rotatable bonds is 1. The number of Topliss-reactive ketones (excluding diaryl/α,β-unsaturated/α-hetero) is 1. The quantitative estimate of drug-likeness (QED) is 0.700. The molecule has 1 saturated heterocycles. The Balaban J connectivity index is 2.28. The molecule has 0 aromatic heterocycles. The van der Waals surface area contributed by atoms with Crippen molar-refractivity contribution in [3.05, 3.63) is 0 Å². The van der Waals surface area contributed by atoms with Crippen LogP contribution in [0.5, 0.6) is 0 Å². The molecule has 1 unspecified atom stereocenters. The molecule has 0 N–H and O–H groups in total. The summed E-state index contributed by atoms with van der Waals surface area (Å²) in [6, 6.07) is 0. The van der Waals surface area contributed by atoms with Crippen LogP contribution in [0.2, 0.25) is 0 Å². The molecule has 1 saturated carbocycles. The molecule has 0 aromatic carbocycles. The number of morpholine rings is 1. The molecule has 1 aliphatic carbocycles. The fourth-order valence-electron chi connectivity index (χ4n) is 3.83. The first-order valence-electron chi connectivity index (χ1n) is 8.43. The van der Waals surface area contributed by atoms with Gasteiger partial charge in [0.25, 0.3) is 0 Å². The van der Waals surface area contributed by atoms with E-state index in [0.717, 1.165) is 6.42 Å². The van der Waals surface area contributed by atoms with Crippen LogP contribution in [0, 0.1) is 28.6 Å². The van der Waals surface area contributed by atoms with Gasteiger partial charge in [-0.2, -0.15) is 0 Å². The Morgan fingerprint density at radius 2 is 1.59 bits per heavy atom. The van der Waals surface area contributed by atoms with E-state index in [4.69, 9.17) is 4.74 Å². The molecule has 22 heavy (non-hydrogen) atoms. The molecule has 2 fully saturated rings. The van der Waals surface area contributed by atoms with Crippen molar-refractivity contribution >= 4 is 11.7 Å². The summed E-state index contributed by atoms with van der Waals surface area (Å²) in [5, 5.41) is 0. The van der Waals surface area contributed by atoms with Crippen LogP contribution >= 0.6 is 0 Å². The van der Waals surface area contributed by atoms with Crippen molar-refractivity contribution in [1.82, 2.24) is 4.90 Å². The van der Waals surface area contributed by atoms with Gasteiger partial charge in [-0.15, -0.1) is 0 Å². The van der Waals surface area contributed by atoms with Gasteiger partial charge in [-0.3, -0.25) is 9.59 Å². The number of carbonyl (C=O) groups is 2. The Kier molecular flexibility index (Phi) is 4.72. The van der Waals surface area contributed by atoms with Crippen LogP contribution in [0.15, 0.2) is 0 Å². The van der Waals surface area contributed by atoms with E-state index in [1.54, 1.807) is 0 Å². The van der Waals surface area contributed by atoms with Gasteiger partial charge < -0.3 is 9.64 Å². The van der Waals surface area contributed by atoms with Crippen molar-refractivity contribution in [2.45, 2.75) is 48.0 Å². The van der Waals surface area contributed by atoms with E-state index in [2.05, 4.69) is 41.5 Å². The van der Waals surface area contributed by atoms with Gasteiger partial charge >= 0.3 is 0 Å². The Morgan fingerprint density at radius 1 is 1.05 bits per heavy atom. The fraction of sp³-hybridized carbons (Fsp3) is 0.889. The highest BCUT2D eigenvalue weighted by Gasteiger charge is 2.54. The minimum Gasteiger partial charge on any atom is -0.378 e. The van der Waals surface area contributed by atoms with Gasteiger partial charge in [-0.05, 0) is 23.2 Å². The molecule has 4 heteroatoms. The predicted molar refractivity (Wildman–Crippen MR) is 86.4 cm³/mol. The summed E-state index contributed by atoms with van der Waals surface area (Å²) in [5.74, 6) is -0.183. The van der Waals surface area contributed by atoms with E-state index >= 15 is 0 Å². The smallest absolute Gasteiger partial charge is 0.233 e. The van der Waals surface area contributed by atoms with Crippen molar-refractivity contribution in [2.75, 3.05) is 26.3 Å². The summed E-state index contributed by atoms with van der Waals surface area (Å²) < 4.78 is 5.33. The lowest BCUT2D eigenvalue weighted by Gasteiger charge is -2.35. The summed E-state index contributed by atoms with van der Waals surface area (Å²) in [6.07, 6.45) is 0.826. The average Bonchev–Trinajstić information content (AvgIpc) is 2.76. The fourth-order valence-corrected chi connectivity index (χ4v) is 3.83. The van der Waals surface area contributed by atoms with Gasteiger partial charge in [0.1, 0.15) is 11.7 Å². The number of amides is 1. The number of nitrogens with zero attached hydrogens (tertiary/aromatic N) is 1. The van der Waals surface area contributed by atoms with Crippen LogP contribution < -0.4 is 0 Å². The largest absolute Gasteiger partial charge is 0.378 e. The third kappa shape index (κ3) is 3.37. The molecule has 0 radical (unpaired) electrons. The predicted octanol–water partition coefficient (Wildman–Crippen LogP) is 2.76. The average molecular weight is 309 g/mol. The molecule has 1 aliphatic heterocycles. The van der Waals surface area contributed by atoms with E-state index in [1.165, 1.54) is 0 Å². The van der Waals surface area contributed by atoms with Crippen molar-refractivity contribution < 1.29 is 14.3 Å². The van der Waals surface area contributed by atoms with E-state index in [9.17, 15) is 9.59 Å². The minimum absolute atomic E-state index is 0.0216. The maximum Gasteiger partial charge on any atom is 0.233 e. The number of carbonyl (C=O) groups excluding carboxylic acids is 2. The molecule has 1 amide bonds. The van der Waals surface area contributed by atoms with Gasteiger partial charge in [0.15, 0.2) is 0 Å². The first kappa shape index (κ1) is 17.5. The van der Waals surface area contributed by atoms with Gasteiger partial charge in [0.2, 0.25) is 5.91 Å². The van der Waals surface area contributed by atoms with Gasteiger partial charge in [-0.1, -0.05) is 41.5 Å². The summed E-state index contributed by atoms with van der Waals surface area (Å²) in [5.41, 5.74) is -0.122. The van der Waals surface area contributed by atoms with Crippen molar-refractivity contribution in [2.24, 2.45) is 28.6 Å². The monoisotopic (exact) mass is 309 g/mol. The van der Waals surface area contributed by atoms with E-state index in [1.807, 2.05) is 4.90 Å². The Bertz CT molecular complexity index is 438. The zero-order valence-corrected chi connectivity index (χ0v) is 14.9. The number of ketones is 1. The lowest BCUT2D eigenvalue weighted by Crippen LogP contribution is -2.48. The van der Waals surface area contributed by atoms with Crippen LogP contribution in [0.4, 0.5) is 0 Å². The van der Waals surface area contributed by atoms with Crippen LogP contribution in [-0.2, 0) is 14.3 Å². The number of hydrogen-bond acceptors (Lipinski definition) is 3. The molecule has 2 rings (SSSR count). The molecular formula is C18H31NO3. The molecule has 3 atom stereocenters. The number of hydrogen-bond donors (Lipinski definition) is 0. The van der Waals surface area contributed by atoms with Crippen LogP contribution in [-0.4, -0.2) is 42.9 Å².